The second-order valence-corrected chi connectivity index (χ2v) is 6.31. The van der Waals surface area contributed by atoms with Crippen molar-refractivity contribution in [3.8, 4) is 5.75 Å². The molecule has 2 rings (SSSR count). The zero-order valence-electron chi connectivity index (χ0n) is 13.3. The minimum absolute atomic E-state index is 0.270. The van der Waals surface area contributed by atoms with Crippen LogP contribution in [0.3, 0.4) is 0 Å². The molecule has 3 heteroatoms. The molecule has 0 N–H and O–H groups in total. The second-order valence-electron chi connectivity index (χ2n) is 5.90. The summed E-state index contributed by atoms with van der Waals surface area (Å²) in [4.78, 5) is 0. The third kappa shape index (κ3) is 4.23. The zero-order chi connectivity index (χ0) is 16.1. The van der Waals surface area contributed by atoms with Crippen LogP contribution in [0.25, 0.3) is 0 Å². The van der Waals surface area contributed by atoms with Gasteiger partial charge in [-0.05, 0) is 47.6 Å². The SMILES string of the molecule is CC(C)c1ccc(OCCC(C)c2ccccc2Cl)c(F)c1. The van der Waals surface area contributed by atoms with Gasteiger partial charge in [0.2, 0.25) is 0 Å². The Morgan fingerprint density at radius 2 is 1.82 bits per heavy atom. The smallest absolute Gasteiger partial charge is 0.165 e. The molecule has 118 valence electrons. The largest absolute Gasteiger partial charge is 0.490 e. The van der Waals surface area contributed by atoms with Crippen molar-refractivity contribution in [2.24, 2.45) is 0 Å². The highest BCUT2D eigenvalue weighted by atomic mass is 35.5. The predicted molar refractivity (Wildman–Crippen MR) is 90.5 cm³/mol. The third-order valence-corrected chi connectivity index (χ3v) is 4.21. The van der Waals surface area contributed by atoms with Crippen LogP contribution in [0.4, 0.5) is 4.39 Å². The molecule has 0 heterocycles. The van der Waals surface area contributed by atoms with Gasteiger partial charge in [0.15, 0.2) is 11.6 Å². The van der Waals surface area contributed by atoms with E-state index in [0.29, 0.717) is 18.3 Å². The van der Waals surface area contributed by atoms with E-state index in [4.69, 9.17) is 16.3 Å². The summed E-state index contributed by atoms with van der Waals surface area (Å²) in [5, 5.41) is 0.766. The summed E-state index contributed by atoms with van der Waals surface area (Å²) in [6.45, 7) is 6.65. The average Bonchev–Trinajstić information content (AvgIpc) is 2.49. The highest BCUT2D eigenvalue weighted by Gasteiger charge is 2.11. The standard InChI is InChI=1S/C19H22ClFO/c1-13(2)15-8-9-19(18(21)12-15)22-11-10-14(3)16-6-4-5-7-17(16)20/h4-9,12-14H,10-11H2,1-3H3. The molecule has 0 aliphatic rings. The normalized spacial score (nSPS) is 12.5. The number of hydrogen-bond acceptors (Lipinski definition) is 1. The van der Waals surface area contributed by atoms with Crippen molar-refractivity contribution in [2.75, 3.05) is 6.61 Å². The molecule has 22 heavy (non-hydrogen) atoms. The highest BCUT2D eigenvalue weighted by Crippen LogP contribution is 2.27. The first-order valence-electron chi connectivity index (χ1n) is 7.65. The monoisotopic (exact) mass is 320 g/mol. The minimum atomic E-state index is -0.295. The molecular formula is C19H22ClFO. The summed E-state index contributed by atoms with van der Waals surface area (Å²) < 4.78 is 19.6. The lowest BCUT2D eigenvalue weighted by Crippen LogP contribution is -2.05. The highest BCUT2D eigenvalue weighted by molar-refractivity contribution is 6.31. The van der Waals surface area contributed by atoms with E-state index >= 15 is 0 Å². The summed E-state index contributed by atoms with van der Waals surface area (Å²) in [5.41, 5.74) is 2.08. The fraction of sp³-hybridized carbons (Fsp3) is 0.368. The Labute approximate surface area is 137 Å². The van der Waals surface area contributed by atoms with Crippen molar-refractivity contribution in [3.63, 3.8) is 0 Å². The fourth-order valence-electron chi connectivity index (χ4n) is 2.37. The lowest BCUT2D eigenvalue weighted by molar-refractivity contribution is 0.286. The van der Waals surface area contributed by atoms with Crippen molar-refractivity contribution < 1.29 is 9.13 Å². The van der Waals surface area contributed by atoms with Crippen LogP contribution in [-0.4, -0.2) is 6.61 Å². The number of halogens is 2. The quantitative estimate of drug-likeness (QED) is 0.618. The summed E-state index contributed by atoms with van der Waals surface area (Å²) >= 11 is 6.19. The van der Waals surface area contributed by atoms with Gasteiger partial charge in [-0.25, -0.2) is 4.39 Å². The van der Waals surface area contributed by atoms with E-state index in [-0.39, 0.29) is 11.7 Å². The molecule has 0 bridgehead atoms. The van der Waals surface area contributed by atoms with Crippen LogP contribution in [0, 0.1) is 5.82 Å². The van der Waals surface area contributed by atoms with Crippen molar-refractivity contribution >= 4 is 11.6 Å². The van der Waals surface area contributed by atoms with Crippen LogP contribution in [0.2, 0.25) is 5.02 Å². The molecule has 2 aromatic carbocycles. The van der Waals surface area contributed by atoms with E-state index in [1.165, 1.54) is 0 Å². The third-order valence-electron chi connectivity index (χ3n) is 3.87. The van der Waals surface area contributed by atoms with E-state index in [9.17, 15) is 4.39 Å². The molecule has 0 aromatic heterocycles. The number of benzene rings is 2. The summed E-state index contributed by atoms with van der Waals surface area (Å²) in [5.74, 6) is 0.600. The number of hydrogen-bond donors (Lipinski definition) is 0. The Bertz CT molecular complexity index is 625. The molecular weight excluding hydrogens is 299 g/mol. The zero-order valence-corrected chi connectivity index (χ0v) is 14.0. The Balaban J connectivity index is 1.93. The van der Waals surface area contributed by atoms with Crippen LogP contribution in [0.5, 0.6) is 5.75 Å². The van der Waals surface area contributed by atoms with Crippen LogP contribution in [0.15, 0.2) is 42.5 Å². The maximum atomic E-state index is 14.0. The van der Waals surface area contributed by atoms with Crippen molar-refractivity contribution in [3.05, 3.63) is 64.4 Å². The predicted octanol–water partition coefficient (Wildman–Crippen LogP) is 6.18. The lowest BCUT2D eigenvalue weighted by Gasteiger charge is -2.15. The van der Waals surface area contributed by atoms with Gasteiger partial charge >= 0.3 is 0 Å². The van der Waals surface area contributed by atoms with E-state index in [1.54, 1.807) is 12.1 Å². The Hall–Kier alpha value is -1.54. The number of rotatable bonds is 6. The van der Waals surface area contributed by atoms with Crippen LogP contribution < -0.4 is 4.74 Å². The first kappa shape index (κ1) is 16.8. The van der Waals surface area contributed by atoms with Crippen LogP contribution in [-0.2, 0) is 0 Å². The molecule has 0 saturated carbocycles. The van der Waals surface area contributed by atoms with E-state index in [2.05, 4.69) is 6.92 Å². The van der Waals surface area contributed by atoms with E-state index in [1.807, 2.05) is 44.2 Å². The van der Waals surface area contributed by atoms with Crippen LogP contribution in [0.1, 0.15) is 50.2 Å². The molecule has 2 aromatic rings. The number of ether oxygens (including phenoxy) is 1. The minimum Gasteiger partial charge on any atom is -0.490 e. The molecule has 0 amide bonds. The maximum Gasteiger partial charge on any atom is 0.165 e. The molecule has 1 nitrogen and oxygen atoms in total. The molecule has 0 aliphatic heterocycles. The lowest BCUT2D eigenvalue weighted by atomic mass is 9.98. The van der Waals surface area contributed by atoms with Crippen molar-refractivity contribution in [1.82, 2.24) is 0 Å². The van der Waals surface area contributed by atoms with Gasteiger partial charge in [0.25, 0.3) is 0 Å². The second kappa shape index (κ2) is 7.64. The maximum absolute atomic E-state index is 14.0. The molecule has 0 aliphatic carbocycles. The van der Waals surface area contributed by atoms with Gasteiger partial charge in [-0.2, -0.15) is 0 Å². The Morgan fingerprint density at radius 3 is 2.45 bits per heavy atom. The van der Waals surface area contributed by atoms with E-state index < -0.39 is 0 Å². The van der Waals surface area contributed by atoms with Gasteiger partial charge in [-0.15, -0.1) is 0 Å². The fourth-order valence-corrected chi connectivity index (χ4v) is 2.69. The molecule has 0 spiro atoms. The van der Waals surface area contributed by atoms with Gasteiger partial charge in [-0.3, -0.25) is 0 Å². The molecule has 0 saturated heterocycles. The van der Waals surface area contributed by atoms with Gasteiger partial charge < -0.3 is 4.74 Å². The van der Waals surface area contributed by atoms with Gasteiger partial charge in [0.1, 0.15) is 0 Å². The van der Waals surface area contributed by atoms with Gasteiger partial charge in [0, 0.05) is 5.02 Å². The summed E-state index contributed by atoms with van der Waals surface area (Å²) in [6, 6.07) is 13.0. The molecule has 0 fully saturated rings. The summed E-state index contributed by atoms with van der Waals surface area (Å²) in [7, 11) is 0. The van der Waals surface area contributed by atoms with Gasteiger partial charge in [0.05, 0.1) is 6.61 Å². The topological polar surface area (TPSA) is 9.23 Å². The Morgan fingerprint density at radius 1 is 1.09 bits per heavy atom. The van der Waals surface area contributed by atoms with Crippen LogP contribution >= 0.6 is 11.6 Å². The molecule has 0 radical (unpaired) electrons. The van der Waals surface area contributed by atoms with Crippen molar-refractivity contribution in [2.45, 2.75) is 39.0 Å². The van der Waals surface area contributed by atoms with Gasteiger partial charge in [-0.1, -0.05) is 56.6 Å². The van der Waals surface area contributed by atoms with Crippen molar-refractivity contribution in [1.29, 1.82) is 0 Å². The first-order valence-corrected chi connectivity index (χ1v) is 8.03. The molecule has 1 unspecified atom stereocenters. The van der Waals surface area contributed by atoms with E-state index in [0.717, 1.165) is 22.6 Å². The first-order chi connectivity index (χ1) is 10.5. The Kier molecular flexibility index (Phi) is 5.84. The average molecular weight is 321 g/mol. The summed E-state index contributed by atoms with van der Waals surface area (Å²) in [6.07, 6.45) is 0.787. The molecule has 1 atom stereocenters.